The van der Waals surface area contributed by atoms with Gasteiger partial charge in [0.15, 0.2) is 12.4 Å². The minimum atomic E-state index is -0.643. The molecule has 1 aliphatic carbocycles. The number of amides is 2. The summed E-state index contributed by atoms with van der Waals surface area (Å²) in [6, 6.07) is 19.7. The first kappa shape index (κ1) is 19.9. The second-order valence-corrected chi connectivity index (χ2v) is 7.87. The van der Waals surface area contributed by atoms with E-state index in [4.69, 9.17) is 4.74 Å². The number of esters is 1. The molecule has 0 saturated carbocycles. The lowest BCUT2D eigenvalue weighted by Crippen LogP contribution is -2.28. The molecule has 1 fully saturated rings. The number of hydrogen-bond acceptors (Lipinski definition) is 5. The van der Waals surface area contributed by atoms with Crippen LogP contribution in [0.2, 0.25) is 0 Å². The number of Topliss-reactive ketones (excluding diaryl/α,β-unsaturated/α-hetero) is 1. The lowest BCUT2D eigenvalue weighted by atomic mass is 10.0. The summed E-state index contributed by atoms with van der Waals surface area (Å²) in [5.41, 5.74) is 5.74. The number of ether oxygens (including phenoxy) is 1. The van der Waals surface area contributed by atoms with E-state index in [1.165, 1.54) is 35.4 Å². The number of anilines is 1. The fourth-order valence-electron chi connectivity index (χ4n) is 4.21. The SMILES string of the molecule is O=C(COC(=O)c1ccc(N2C(=O)CCC2=O)cc1)c1ccc2c(c1)-c1ccccc1C2. The van der Waals surface area contributed by atoms with Crippen LogP contribution in [0.4, 0.5) is 5.69 Å². The molecule has 0 radical (unpaired) electrons. The number of rotatable bonds is 5. The highest BCUT2D eigenvalue weighted by molar-refractivity contribution is 6.19. The van der Waals surface area contributed by atoms with E-state index in [-0.39, 0.29) is 42.6 Å². The zero-order chi connectivity index (χ0) is 22.2. The van der Waals surface area contributed by atoms with Gasteiger partial charge in [-0.1, -0.05) is 36.4 Å². The van der Waals surface area contributed by atoms with Crippen LogP contribution in [0, 0.1) is 0 Å². The van der Waals surface area contributed by atoms with E-state index in [1.807, 2.05) is 30.3 Å². The van der Waals surface area contributed by atoms with Crippen molar-refractivity contribution in [1.29, 1.82) is 0 Å². The third-order valence-electron chi connectivity index (χ3n) is 5.87. The number of benzene rings is 3. The Bertz CT molecular complexity index is 1260. The molecular weight excluding hydrogens is 406 g/mol. The monoisotopic (exact) mass is 425 g/mol. The van der Waals surface area contributed by atoms with E-state index in [1.54, 1.807) is 6.07 Å². The average molecular weight is 425 g/mol. The molecule has 2 aliphatic rings. The summed E-state index contributed by atoms with van der Waals surface area (Å²) in [6.45, 7) is -0.371. The van der Waals surface area contributed by atoms with Crippen LogP contribution in [-0.4, -0.2) is 30.2 Å². The molecule has 5 rings (SSSR count). The molecule has 1 saturated heterocycles. The maximum absolute atomic E-state index is 12.6. The van der Waals surface area contributed by atoms with Gasteiger partial charge in [-0.2, -0.15) is 0 Å². The average Bonchev–Trinajstić information content (AvgIpc) is 3.36. The lowest BCUT2D eigenvalue weighted by molar-refractivity contribution is -0.121. The first-order chi connectivity index (χ1) is 15.5. The summed E-state index contributed by atoms with van der Waals surface area (Å²) in [6.07, 6.45) is 1.23. The molecule has 32 heavy (non-hydrogen) atoms. The molecule has 0 N–H and O–H groups in total. The number of fused-ring (bicyclic) bond motifs is 3. The third-order valence-corrected chi connectivity index (χ3v) is 5.87. The minimum absolute atomic E-state index is 0.193. The fraction of sp³-hybridized carbons (Fsp3) is 0.154. The van der Waals surface area contributed by atoms with Gasteiger partial charge in [0.05, 0.1) is 11.3 Å². The highest BCUT2D eigenvalue weighted by Gasteiger charge is 2.30. The van der Waals surface area contributed by atoms with Crippen molar-refractivity contribution in [3.63, 3.8) is 0 Å². The second kappa shape index (κ2) is 7.89. The van der Waals surface area contributed by atoms with Gasteiger partial charge in [0.1, 0.15) is 0 Å². The van der Waals surface area contributed by atoms with E-state index in [2.05, 4.69) is 6.07 Å². The van der Waals surface area contributed by atoms with E-state index in [9.17, 15) is 19.2 Å². The molecule has 158 valence electrons. The van der Waals surface area contributed by atoms with Crippen LogP contribution in [0.15, 0.2) is 66.7 Å². The Morgan fingerprint density at radius 3 is 2.19 bits per heavy atom. The Kier molecular flexibility index (Phi) is 4.90. The van der Waals surface area contributed by atoms with Gasteiger partial charge in [0, 0.05) is 18.4 Å². The maximum atomic E-state index is 12.6. The van der Waals surface area contributed by atoms with Gasteiger partial charge in [0.25, 0.3) is 0 Å². The molecule has 6 nitrogen and oxygen atoms in total. The van der Waals surface area contributed by atoms with Gasteiger partial charge in [-0.25, -0.2) is 4.79 Å². The van der Waals surface area contributed by atoms with Gasteiger partial charge in [-0.05, 0) is 59.0 Å². The molecule has 0 spiro atoms. The highest BCUT2D eigenvalue weighted by Crippen LogP contribution is 2.36. The van der Waals surface area contributed by atoms with Crippen molar-refractivity contribution >= 4 is 29.3 Å². The van der Waals surface area contributed by atoms with Crippen molar-refractivity contribution in [3.8, 4) is 11.1 Å². The number of ketones is 1. The molecule has 3 aromatic carbocycles. The molecule has 0 aromatic heterocycles. The van der Waals surface area contributed by atoms with Gasteiger partial charge in [0.2, 0.25) is 11.8 Å². The van der Waals surface area contributed by atoms with Gasteiger partial charge < -0.3 is 4.74 Å². The van der Waals surface area contributed by atoms with E-state index >= 15 is 0 Å². The zero-order valence-electron chi connectivity index (χ0n) is 17.2. The van der Waals surface area contributed by atoms with Gasteiger partial charge >= 0.3 is 5.97 Å². The van der Waals surface area contributed by atoms with E-state index < -0.39 is 5.97 Å². The van der Waals surface area contributed by atoms with Crippen molar-refractivity contribution in [1.82, 2.24) is 0 Å². The van der Waals surface area contributed by atoms with E-state index in [0.717, 1.165) is 22.4 Å². The summed E-state index contributed by atoms with van der Waals surface area (Å²) in [4.78, 5) is 49.8. The van der Waals surface area contributed by atoms with E-state index in [0.29, 0.717) is 11.3 Å². The van der Waals surface area contributed by atoms with Crippen LogP contribution in [0.25, 0.3) is 11.1 Å². The summed E-state index contributed by atoms with van der Waals surface area (Å²) in [5, 5.41) is 0. The Balaban J connectivity index is 1.25. The summed E-state index contributed by atoms with van der Waals surface area (Å²) >= 11 is 0. The van der Waals surface area contributed by atoms with Crippen LogP contribution in [0.1, 0.15) is 44.7 Å². The fourth-order valence-corrected chi connectivity index (χ4v) is 4.21. The van der Waals surface area contributed by atoms with Crippen molar-refractivity contribution in [2.24, 2.45) is 0 Å². The predicted molar refractivity (Wildman–Crippen MR) is 117 cm³/mol. The minimum Gasteiger partial charge on any atom is -0.454 e. The number of carbonyl (C=O) groups is 4. The van der Waals surface area contributed by atoms with Crippen molar-refractivity contribution in [2.45, 2.75) is 19.3 Å². The lowest BCUT2D eigenvalue weighted by Gasteiger charge is -2.14. The molecule has 0 atom stereocenters. The molecule has 1 heterocycles. The largest absolute Gasteiger partial charge is 0.454 e. The first-order valence-corrected chi connectivity index (χ1v) is 10.4. The molecule has 6 heteroatoms. The topological polar surface area (TPSA) is 80.8 Å². The standard InChI is InChI=1S/C26H19NO5/c28-23(19-6-5-18-13-17-3-1-2-4-21(17)22(18)14-19)15-32-26(31)16-7-9-20(10-8-16)27-24(29)11-12-25(27)30/h1-10,14H,11-13,15H2. The molecule has 0 bridgehead atoms. The molecule has 3 aromatic rings. The normalized spacial score (nSPS) is 14.3. The number of nitrogens with zero attached hydrogens (tertiary/aromatic N) is 1. The van der Waals surface area contributed by atoms with Crippen LogP contribution in [0.3, 0.4) is 0 Å². The Morgan fingerprint density at radius 1 is 0.781 bits per heavy atom. The summed E-state index contributed by atoms with van der Waals surface area (Å²) in [7, 11) is 0. The van der Waals surface area contributed by atoms with Gasteiger partial charge in [-0.15, -0.1) is 0 Å². The second-order valence-electron chi connectivity index (χ2n) is 7.87. The molecular formula is C26H19NO5. The van der Waals surface area contributed by atoms with Crippen LogP contribution in [0.5, 0.6) is 0 Å². The van der Waals surface area contributed by atoms with Crippen molar-refractivity contribution in [2.75, 3.05) is 11.5 Å². The third kappa shape index (κ3) is 3.50. The highest BCUT2D eigenvalue weighted by atomic mass is 16.5. The Labute approximate surface area is 184 Å². The van der Waals surface area contributed by atoms with Crippen LogP contribution < -0.4 is 4.90 Å². The summed E-state index contributed by atoms with van der Waals surface area (Å²) in [5.74, 6) is -1.44. The Hall–Kier alpha value is -4.06. The zero-order valence-corrected chi connectivity index (χ0v) is 17.2. The molecule has 1 aliphatic heterocycles. The maximum Gasteiger partial charge on any atom is 0.338 e. The number of imide groups is 1. The van der Waals surface area contributed by atoms with Crippen molar-refractivity contribution in [3.05, 3.63) is 89.0 Å². The smallest absolute Gasteiger partial charge is 0.338 e. The summed E-state index contributed by atoms with van der Waals surface area (Å²) < 4.78 is 5.20. The molecule has 0 unspecified atom stereocenters. The van der Waals surface area contributed by atoms with Crippen LogP contribution in [-0.2, 0) is 20.7 Å². The Morgan fingerprint density at radius 2 is 1.44 bits per heavy atom. The first-order valence-electron chi connectivity index (χ1n) is 10.4. The number of hydrogen-bond donors (Lipinski definition) is 0. The van der Waals surface area contributed by atoms with Crippen LogP contribution >= 0.6 is 0 Å². The molecule has 2 amide bonds. The van der Waals surface area contributed by atoms with Gasteiger partial charge in [-0.3, -0.25) is 19.3 Å². The quantitative estimate of drug-likeness (QED) is 0.275. The number of carbonyl (C=O) groups excluding carboxylic acids is 4. The van der Waals surface area contributed by atoms with Crippen molar-refractivity contribution < 1.29 is 23.9 Å². The predicted octanol–water partition coefficient (Wildman–Crippen LogP) is 3.95.